The fourth-order valence-electron chi connectivity index (χ4n) is 1.12. The van der Waals surface area contributed by atoms with Crippen LogP contribution in [0.3, 0.4) is 0 Å². The maximum atomic E-state index is 11.9. The van der Waals surface area contributed by atoms with Crippen molar-refractivity contribution in [2.75, 3.05) is 25.4 Å². The van der Waals surface area contributed by atoms with Gasteiger partial charge in [0.15, 0.2) is 0 Å². The Morgan fingerprint density at radius 3 is 2.74 bits per heavy atom. The van der Waals surface area contributed by atoms with Crippen molar-refractivity contribution in [3.63, 3.8) is 0 Å². The van der Waals surface area contributed by atoms with Crippen molar-refractivity contribution in [3.8, 4) is 0 Å². The number of nitrogens with one attached hydrogen (secondary N) is 1. The molecule has 1 heterocycles. The average Bonchev–Trinajstić information content (AvgIpc) is 2.37. The maximum Gasteiger partial charge on any atom is 0.306 e. The van der Waals surface area contributed by atoms with E-state index in [9.17, 15) is 13.2 Å². The Labute approximate surface area is 120 Å². The van der Waals surface area contributed by atoms with Gasteiger partial charge in [0.1, 0.15) is 5.82 Å². The second-order valence-corrected chi connectivity index (χ2v) is 6.31. The summed E-state index contributed by atoms with van der Waals surface area (Å²) in [6, 6.07) is 3.19. The minimum Gasteiger partial charge on any atom is -0.469 e. The number of hydrogen-bond acceptors (Lipinski definition) is 5. The van der Waals surface area contributed by atoms with E-state index in [0.29, 0.717) is 0 Å². The molecule has 0 bridgehead atoms. The number of methoxy groups -OCH3 is 1. The SMILES string of the molecule is COC(=O)CCN(C)S(=O)(=O)Nc1ccc(Br)cn1. The van der Waals surface area contributed by atoms with E-state index >= 15 is 0 Å². The van der Waals surface area contributed by atoms with Crippen LogP contribution < -0.4 is 4.72 Å². The zero-order chi connectivity index (χ0) is 14.5. The Hall–Kier alpha value is -1.19. The standard InChI is InChI=1S/C10H14BrN3O4S/c1-14(6-5-10(15)18-2)19(16,17)13-9-4-3-8(11)7-12-9/h3-4,7H,5-6H2,1-2H3,(H,12,13). The summed E-state index contributed by atoms with van der Waals surface area (Å²) in [5, 5.41) is 0. The molecule has 9 heteroatoms. The minimum absolute atomic E-state index is 0.0122. The highest BCUT2D eigenvalue weighted by Crippen LogP contribution is 2.12. The summed E-state index contributed by atoms with van der Waals surface area (Å²) in [4.78, 5) is 14.9. The summed E-state index contributed by atoms with van der Waals surface area (Å²) in [6.45, 7) is 0.0263. The van der Waals surface area contributed by atoms with Crippen molar-refractivity contribution in [2.24, 2.45) is 0 Å². The molecule has 0 atom stereocenters. The smallest absolute Gasteiger partial charge is 0.306 e. The number of halogens is 1. The van der Waals surface area contributed by atoms with Crippen LogP contribution in [0.2, 0.25) is 0 Å². The van der Waals surface area contributed by atoms with E-state index < -0.39 is 16.2 Å². The van der Waals surface area contributed by atoms with Gasteiger partial charge in [-0.2, -0.15) is 12.7 Å². The van der Waals surface area contributed by atoms with Gasteiger partial charge in [-0.1, -0.05) is 0 Å². The fourth-order valence-corrected chi connectivity index (χ4v) is 2.22. The number of rotatable bonds is 6. The molecule has 0 aliphatic rings. The Morgan fingerprint density at radius 1 is 1.53 bits per heavy atom. The van der Waals surface area contributed by atoms with Crippen molar-refractivity contribution in [1.82, 2.24) is 9.29 Å². The molecule has 0 unspecified atom stereocenters. The van der Waals surface area contributed by atoms with Crippen LogP contribution in [-0.4, -0.2) is 44.4 Å². The number of carbonyl (C=O) groups is 1. The van der Waals surface area contributed by atoms with Crippen LogP contribution in [0.4, 0.5) is 5.82 Å². The van der Waals surface area contributed by atoms with Crippen LogP contribution in [0.5, 0.6) is 0 Å². The molecule has 1 aromatic heterocycles. The molecule has 1 rings (SSSR count). The third-order valence-electron chi connectivity index (χ3n) is 2.23. The Kier molecular flexibility index (Phi) is 5.70. The predicted molar refractivity (Wildman–Crippen MR) is 73.7 cm³/mol. The van der Waals surface area contributed by atoms with Crippen LogP contribution in [0.25, 0.3) is 0 Å². The molecular weight excluding hydrogens is 338 g/mol. The quantitative estimate of drug-likeness (QED) is 0.772. The Morgan fingerprint density at radius 2 is 2.21 bits per heavy atom. The summed E-state index contributed by atoms with van der Waals surface area (Å²) in [7, 11) is -1.12. The van der Waals surface area contributed by atoms with Gasteiger partial charge < -0.3 is 4.74 Å². The number of carbonyl (C=O) groups excluding carboxylic acids is 1. The van der Waals surface area contributed by atoms with E-state index in [0.717, 1.165) is 8.78 Å². The van der Waals surface area contributed by atoms with Gasteiger partial charge in [-0.3, -0.25) is 9.52 Å². The van der Waals surface area contributed by atoms with E-state index in [4.69, 9.17) is 0 Å². The first kappa shape index (κ1) is 15.9. The number of ether oxygens (including phenoxy) is 1. The van der Waals surface area contributed by atoms with Gasteiger partial charge in [0, 0.05) is 24.3 Å². The topological polar surface area (TPSA) is 88.6 Å². The van der Waals surface area contributed by atoms with Gasteiger partial charge in [-0.15, -0.1) is 0 Å². The van der Waals surface area contributed by atoms with Gasteiger partial charge in [0.2, 0.25) is 0 Å². The lowest BCUT2D eigenvalue weighted by molar-refractivity contribution is -0.140. The number of aromatic nitrogens is 1. The molecule has 0 fully saturated rings. The molecule has 0 spiro atoms. The molecule has 0 amide bonds. The summed E-state index contributed by atoms with van der Waals surface area (Å²) in [5.41, 5.74) is 0. The number of esters is 1. The second kappa shape index (κ2) is 6.83. The lowest BCUT2D eigenvalue weighted by atomic mass is 10.4. The first-order chi connectivity index (χ1) is 8.85. The normalized spacial score (nSPS) is 11.4. The number of anilines is 1. The molecule has 1 N–H and O–H groups in total. The van der Waals surface area contributed by atoms with Crippen molar-refractivity contribution in [1.29, 1.82) is 0 Å². The van der Waals surface area contributed by atoms with Gasteiger partial charge in [-0.05, 0) is 28.1 Å². The predicted octanol–water partition coefficient (Wildman–Crippen LogP) is 0.996. The number of hydrogen-bond donors (Lipinski definition) is 1. The first-order valence-electron chi connectivity index (χ1n) is 5.27. The van der Waals surface area contributed by atoms with Crippen LogP contribution in [0.1, 0.15) is 6.42 Å². The van der Waals surface area contributed by atoms with Crippen molar-refractivity contribution in [3.05, 3.63) is 22.8 Å². The third-order valence-corrected chi connectivity index (χ3v) is 4.17. The summed E-state index contributed by atoms with van der Waals surface area (Å²) >= 11 is 3.20. The van der Waals surface area contributed by atoms with Crippen molar-refractivity contribution < 1.29 is 17.9 Å². The monoisotopic (exact) mass is 351 g/mol. The first-order valence-corrected chi connectivity index (χ1v) is 7.51. The largest absolute Gasteiger partial charge is 0.469 e. The highest BCUT2D eigenvalue weighted by atomic mass is 79.9. The summed E-state index contributed by atoms with van der Waals surface area (Å²) in [5.74, 6) is -0.267. The lowest BCUT2D eigenvalue weighted by Crippen LogP contribution is -2.34. The molecule has 106 valence electrons. The lowest BCUT2D eigenvalue weighted by Gasteiger charge is -2.17. The van der Waals surface area contributed by atoms with Crippen LogP contribution >= 0.6 is 15.9 Å². The van der Waals surface area contributed by atoms with Gasteiger partial charge >= 0.3 is 16.2 Å². The van der Waals surface area contributed by atoms with Crippen molar-refractivity contribution in [2.45, 2.75) is 6.42 Å². The zero-order valence-corrected chi connectivity index (χ0v) is 12.9. The molecule has 0 aliphatic heterocycles. The van der Waals surface area contributed by atoms with Crippen LogP contribution in [0, 0.1) is 0 Å². The summed E-state index contributed by atoms with van der Waals surface area (Å²) < 4.78 is 32.3. The van der Waals surface area contributed by atoms with Gasteiger partial charge in [-0.25, -0.2) is 4.98 Å². The molecule has 0 radical (unpaired) electrons. The van der Waals surface area contributed by atoms with Crippen LogP contribution in [-0.2, 0) is 19.7 Å². The van der Waals surface area contributed by atoms with E-state index in [2.05, 4.69) is 30.4 Å². The molecular formula is C10H14BrN3O4S. The zero-order valence-electron chi connectivity index (χ0n) is 10.5. The molecule has 19 heavy (non-hydrogen) atoms. The third kappa shape index (κ3) is 5.13. The fraction of sp³-hybridized carbons (Fsp3) is 0.400. The highest BCUT2D eigenvalue weighted by molar-refractivity contribution is 9.10. The average molecular weight is 352 g/mol. The Bertz CT molecular complexity index is 532. The number of pyridine rings is 1. The maximum absolute atomic E-state index is 11.9. The molecule has 0 aliphatic carbocycles. The Balaban J connectivity index is 2.64. The molecule has 0 aromatic carbocycles. The van der Waals surface area contributed by atoms with E-state index in [-0.39, 0.29) is 18.8 Å². The highest BCUT2D eigenvalue weighted by Gasteiger charge is 2.19. The summed E-state index contributed by atoms with van der Waals surface area (Å²) in [6.07, 6.45) is 1.47. The molecule has 1 aromatic rings. The minimum atomic E-state index is -3.73. The van der Waals surface area contributed by atoms with Crippen molar-refractivity contribution >= 4 is 37.9 Å². The molecule has 0 saturated heterocycles. The molecule has 0 saturated carbocycles. The molecule has 7 nitrogen and oxygen atoms in total. The van der Waals surface area contributed by atoms with E-state index in [1.165, 1.54) is 26.4 Å². The number of nitrogens with zero attached hydrogens (tertiary/aromatic N) is 2. The van der Waals surface area contributed by atoms with Gasteiger partial charge in [0.05, 0.1) is 13.5 Å². The van der Waals surface area contributed by atoms with E-state index in [1.807, 2.05) is 0 Å². The second-order valence-electron chi connectivity index (χ2n) is 3.62. The van der Waals surface area contributed by atoms with Gasteiger partial charge in [0.25, 0.3) is 0 Å². The van der Waals surface area contributed by atoms with Crippen LogP contribution in [0.15, 0.2) is 22.8 Å². The van der Waals surface area contributed by atoms with E-state index in [1.54, 1.807) is 6.07 Å².